The Kier molecular flexibility index (Phi) is 3.19. The van der Waals surface area contributed by atoms with Crippen molar-refractivity contribution in [3.8, 4) is 0 Å². The Balaban J connectivity index is 2.54. The molecule has 1 rings (SSSR count). The summed E-state index contributed by atoms with van der Waals surface area (Å²) >= 11 is 0. The third-order valence-electron chi connectivity index (χ3n) is 1.98. The molecule has 72 valence electrons. The van der Waals surface area contributed by atoms with Crippen molar-refractivity contribution < 1.29 is 4.79 Å². The normalized spacial score (nSPS) is 12.8. The average Bonchev–Trinajstić information content (AvgIpc) is 2.49. The summed E-state index contributed by atoms with van der Waals surface area (Å²) in [5.74, 6) is 0.0567. The number of nitrogens with two attached hydrogens (primary N) is 1. The summed E-state index contributed by atoms with van der Waals surface area (Å²) in [6.07, 6.45) is 2.85. The lowest BCUT2D eigenvalue weighted by atomic mass is 10.1. The van der Waals surface area contributed by atoms with Crippen LogP contribution >= 0.6 is 0 Å². The Bertz CT molecular complexity index is 293. The highest BCUT2D eigenvalue weighted by Gasteiger charge is 2.12. The molecule has 0 radical (unpaired) electrons. The van der Waals surface area contributed by atoms with Crippen molar-refractivity contribution in [3.05, 3.63) is 18.0 Å². The Hall–Kier alpha value is -1.16. The van der Waals surface area contributed by atoms with E-state index in [-0.39, 0.29) is 11.8 Å². The van der Waals surface area contributed by atoms with Crippen LogP contribution in [-0.4, -0.2) is 21.6 Å². The van der Waals surface area contributed by atoms with Crippen LogP contribution in [0.25, 0.3) is 0 Å². The molecule has 0 bridgehead atoms. The molecule has 0 fully saturated rings. The molecule has 0 saturated heterocycles. The Morgan fingerprint density at radius 1 is 1.77 bits per heavy atom. The zero-order chi connectivity index (χ0) is 9.84. The number of ketones is 1. The van der Waals surface area contributed by atoms with Crippen LogP contribution in [0.15, 0.2) is 12.3 Å². The number of carbonyl (C=O) groups is 1. The number of hydrogen-bond donors (Lipinski definition) is 1. The van der Waals surface area contributed by atoms with Gasteiger partial charge in [0, 0.05) is 13.2 Å². The molecule has 1 heterocycles. The van der Waals surface area contributed by atoms with Crippen LogP contribution < -0.4 is 5.73 Å². The van der Waals surface area contributed by atoms with Gasteiger partial charge in [-0.3, -0.25) is 9.48 Å². The summed E-state index contributed by atoms with van der Waals surface area (Å²) in [4.78, 5) is 11.4. The molecule has 0 spiro atoms. The first-order valence-corrected chi connectivity index (χ1v) is 4.40. The highest BCUT2D eigenvalue weighted by atomic mass is 16.1. The van der Waals surface area contributed by atoms with E-state index in [1.165, 1.54) is 0 Å². The van der Waals surface area contributed by atoms with E-state index >= 15 is 0 Å². The zero-order valence-corrected chi connectivity index (χ0v) is 8.03. The lowest BCUT2D eigenvalue weighted by molar-refractivity contribution is -0.119. The zero-order valence-electron chi connectivity index (χ0n) is 8.03. The molecule has 1 atom stereocenters. The molecule has 4 nitrogen and oxygen atoms in total. The number of carbonyl (C=O) groups excluding carboxylic acids is 1. The summed E-state index contributed by atoms with van der Waals surface area (Å²) in [6, 6.07) is 1.49. The van der Waals surface area contributed by atoms with E-state index in [2.05, 4.69) is 5.10 Å². The maximum absolute atomic E-state index is 11.4. The van der Waals surface area contributed by atoms with Gasteiger partial charge in [0.1, 0.15) is 0 Å². The second-order valence-corrected chi connectivity index (χ2v) is 3.14. The number of aryl methyl sites for hydroxylation is 1. The van der Waals surface area contributed by atoms with E-state index in [4.69, 9.17) is 5.73 Å². The van der Waals surface area contributed by atoms with Gasteiger partial charge in [-0.15, -0.1) is 0 Å². The number of aromatic nitrogens is 2. The van der Waals surface area contributed by atoms with Gasteiger partial charge in [-0.25, -0.2) is 0 Å². The van der Waals surface area contributed by atoms with Gasteiger partial charge in [0.15, 0.2) is 5.78 Å². The molecule has 13 heavy (non-hydrogen) atoms. The minimum atomic E-state index is -0.345. The number of nitrogens with zero attached hydrogens (tertiary/aromatic N) is 2. The van der Waals surface area contributed by atoms with Crippen LogP contribution in [0.2, 0.25) is 0 Å². The van der Waals surface area contributed by atoms with Crippen molar-refractivity contribution >= 4 is 5.78 Å². The van der Waals surface area contributed by atoms with Crippen molar-refractivity contribution in [1.82, 2.24) is 9.78 Å². The number of rotatable bonds is 4. The van der Waals surface area contributed by atoms with E-state index in [1.54, 1.807) is 4.68 Å². The van der Waals surface area contributed by atoms with Gasteiger partial charge in [-0.2, -0.15) is 5.10 Å². The highest BCUT2D eigenvalue weighted by molar-refractivity contribution is 5.85. The molecule has 0 amide bonds. The summed E-state index contributed by atoms with van der Waals surface area (Å²) in [5.41, 5.74) is 6.38. The summed E-state index contributed by atoms with van der Waals surface area (Å²) in [6.45, 7) is 1.90. The first-order valence-electron chi connectivity index (χ1n) is 4.40. The van der Waals surface area contributed by atoms with Gasteiger partial charge in [-0.05, 0) is 12.5 Å². The molecule has 4 heteroatoms. The second-order valence-electron chi connectivity index (χ2n) is 3.14. The predicted molar refractivity (Wildman–Crippen MR) is 50.2 cm³/mol. The van der Waals surface area contributed by atoms with Gasteiger partial charge in [0.2, 0.25) is 0 Å². The molecule has 0 aliphatic heterocycles. The van der Waals surface area contributed by atoms with E-state index in [0.29, 0.717) is 12.8 Å². The quantitative estimate of drug-likeness (QED) is 0.725. The third-order valence-corrected chi connectivity index (χ3v) is 1.98. The van der Waals surface area contributed by atoms with Crippen LogP contribution in [0, 0.1) is 0 Å². The van der Waals surface area contributed by atoms with E-state index in [0.717, 1.165) is 5.69 Å². The molecule has 1 unspecified atom stereocenters. The molecule has 0 saturated carbocycles. The molecule has 0 aliphatic carbocycles. The third kappa shape index (κ3) is 2.66. The van der Waals surface area contributed by atoms with Gasteiger partial charge in [0.25, 0.3) is 0 Å². The predicted octanol–water partition coefficient (Wildman–Crippen LogP) is 0.269. The van der Waals surface area contributed by atoms with Gasteiger partial charge in [-0.1, -0.05) is 6.92 Å². The minimum absolute atomic E-state index is 0.0567. The topological polar surface area (TPSA) is 60.9 Å². The van der Waals surface area contributed by atoms with E-state index in [1.807, 2.05) is 26.2 Å². The second kappa shape index (κ2) is 4.18. The van der Waals surface area contributed by atoms with Crippen molar-refractivity contribution in [2.75, 3.05) is 0 Å². The van der Waals surface area contributed by atoms with Crippen LogP contribution in [0.4, 0.5) is 0 Å². The van der Waals surface area contributed by atoms with Crippen LogP contribution in [-0.2, 0) is 18.3 Å². The lowest BCUT2D eigenvalue weighted by Crippen LogP contribution is -2.30. The van der Waals surface area contributed by atoms with Crippen molar-refractivity contribution in [2.45, 2.75) is 25.8 Å². The summed E-state index contributed by atoms with van der Waals surface area (Å²) in [5, 5.41) is 4.11. The molecule has 1 aromatic rings. The summed E-state index contributed by atoms with van der Waals surface area (Å²) in [7, 11) is 1.83. The SMILES string of the molecule is CCC(N)C(=O)Cc1ccn(C)n1. The molecular formula is C9H15N3O. The molecule has 2 N–H and O–H groups in total. The fourth-order valence-corrected chi connectivity index (χ4v) is 1.09. The first kappa shape index (κ1) is 9.92. The first-order chi connectivity index (χ1) is 6.13. The van der Waals surface area contributed by atoms with Gasteiger partial charge >= 0.3 is 0 Å². The molecule has 0 aromatic carbocycles. The maximum Gasteiger partial charge on any atom is 0.155 e. The van der Waals surface area contributed by atoms with Crippen LogP contribution in [0.3, 0.4) is 0 Å². The van der Waals surface area contributed by atoms with Gasteiger partial charge < -0.3 is 5.73 Å². The Morgan fingerprint density at radius 2 is 2.46 bits per heavy atom. The highest BCUT2D eigenvalue weighted by Crippen LogP contribution is 1.99. The van der Waals surface area contributed by atoms with Crippen LogP contribution in [0.1, 0.15) is 19.0 Å². The molecule has 0 aliphatic rings. The van der Waals surface area contributed by atoms with Crippen molar-refractivity contribution in [2.24, 2.45) is 12.8 Å². The smallest absolute Gasteiger partial charge is 0.155 e. The number of hydrogen-bond acceptors (Lipinski definition) is 3. The van der Waals surface area contributed by atoms with Crippen molar-refractivity contribution in [1.29, 1.82) is 0 Å². The Labute approximate surface area is 77.7 Å². The van der Waals surface area contributed by atoms with E-state index < -0.39 is 0 Å². The number of Topliss-reactive ketones (excluding diaryl/α,β-unsaturated/α-hetero) is 1. The molecule has 1 aromatic heterocycles. The average molecular weight is 181 g/mol. The van der Waals surface area contributed by atoms with Gasteiger partial charge in [0.05, 0.1) is 18.2 Å². The lowest BCUT2D eigenvalue weighted by Gasteiger charge is -2.04. The maximum atomic E-state index is 11.4. The monoisotopic (exact) mass is 181 g/mol. The van der Waals surface area contributed by atoms with Crippen LogP contribution in [0.5, 0.6) is 0 Å². The fourth-order valence-electron chi connectivity index (χ4n) is 1.09. The Morgan fingerprint density at radius 3 is 2.92 bits per heavy atom. The standard InChI is InChI=1S/C9H15N3O/c1-3-8(10)9(13)6-7-4-5-12(2)11-7/h4-5,8H,3,6,10H2,1-2H3. The fraction of sp³-hybridized carbons (Fsp3) is 0.556. The largest absolute Gasteiger partial charge is 0.322 e. The molecular weight excluding hydrogens is 166 g/mol. The van der Waals surface area contributed by atoms with E-state index in [9.17, 15) is 4.79 Å². The van der Waals surface area contributed by atoms with Crippen molar-refractivity contribution in [3.63, 3.8) is 0 Å². The summed E-state index contributed by atoms with van der Waals surface area (Å²) < 4.78 is 1.68. The minimum Gasteiger partial charge on any atom is -0.322 e.